The highest BCUT2D eigenvalue weighted by Crippen LogP contribution is 2.15. The van der Waals surface area contributed by atoms with Crippen molar-refractivity contribution in [2.24, 2.45) is 0 Å². The zero-order chi connectivity index (χ0) is 8.10. The summed E-state index contributed by atoms with van der Waals surface area (Å²) in [6.07, 6.45) is 1.25. The fraction of sp³-hybridized carbons (Fsp3) is 0. The molecule has 0 aromatic carbocycles. The summed E-state index contributed by atoms with van der Waals surface area (Å²) in [5.41, 5.74) is 1.24. The average molecular weight is 160 g/mol. The van der Waals surface area contributed by atoms with E-state index in [1.807, 2.05) is 29.0 Å². The van der Waals surface area contributed by atoms with Gasteiger partial charge in [-0.15, -0.1) is 0 Å². The van der Waals surface area contributed by atoms with Crippen molar-refractivity contribution in [2.45, 2.75) is 0 Å². The Labute approximate surface area is 68.6 Å². The van der Waals surface area contributed by atoms with Crippen LogP contribution in [0.25, 0.3) is 5.57 Å². The molecule has 0 aliphatic heterocycles. The molecule has 0 saturated carbocycles. The Morgan fingerprint density at radius 3 is 2.82 bits per heavy atom. The van der Waals surface area contributed by atoms with Gasteiger partial charge in [0.15, 0.2) is 0 Å². The number of thiophene rings is 1. The Kier molecular flexibility index (Phi) is 2.43. The standard InChI is InChI=1S/C8H4N2S/c9-3-1-7(5-10)8-2-4-11-6-8/h1-2,4,6H/b7-1+. The summed E-state index contributed by atoms with van der Waals surface area (Å²) in [7, 11) is 0. The highest BCUT2D eigenvalue weighted by atomic mass is 32.1. The first-order chi connectivity index (χ1) is 5.38. The highest BCUT2D eigenvalue weighted by Gasteiger charge is 1.98. The number of nitriles is 2. The minimum absolute atomic E-state index is 0.425. The Hall–Kier alpha value is -1.58. The van der Waals surface area contributed by atoms with Gasteiger partial charge in [0.25, 0.3) is 0 Å². The fourth-order valence-corrected chi connectivity index (χ4v) is 1.32. The molecule has 0 radical (unpaired) electrons. The topological polar surface area (TPSA) is 47.6 Å². The minimum Gasteiger partial charge on any atom is -0.193 e. The van der Waals surface area contributed by atoms with Crippen LogP contribution in [0.3, 0.4) is 0 Å². The van der Waals surface area contributed by atoms with E-state index in [1.165, 1.54) is 17.4 Å². The van der Waals surface area contributed by atoms with Gasteiger partial charge in [-0.25, -0.2) is 0 Å². The first-order valence-electron chi connectivity index (χ1n) is 2.91. The second-order valence-corrected chi connectivity index (χ2v) is 2.59. The van der Waals surface area contributed by atoms with Crippen LogP contribution in [0, 0.1) is 22.7 Å². The van der Waals surface area contributed by atoms with Crippen LogP contribution >= 0.6 is 11.3 Å². The largest absolute Gasteiger partial charge is 0.193 e. The Bertz CT molecular complexity index is 335. The first kappa shape index (κ1) is 7.53. The number of hydrogen-bond acceptors (Lipinski definition) is 3. The van der Waals surface area contributed by atoms with Crippen molar-refractivity contribution in [1.29, 1.82) is 10.5 Å². The van der Waals surface area contributed by atoms with Crippen LogP contribution in [0.2, 0.25) is 0 Å². The van der Waals surface area contributed by atoms with Gasteiger partial charge in [-0.3, -0.25) is 0 Å². The van der Waals surface area contributed by atoms with Crippen LogP contribution in [0.15, 0.2) is 22.9 Å². The lowest BCUT2D eigenvalue weighted by Crippen LogP contribution is -1.73. The first-order valence-corrected chi connectivity index (χ1v) is 3.85. The second kappa shape index (κ2) is 3.55. The predicted octanol–water partition coefficient (Wildman–Crippen LogP) is 2.18. The molecule has 0 aliphatic carbocycles. The van der Waals surface area contributed by atoms with E-state index < -0.39 is 0 Å². The molecule has 3 heteroatoms. The van der Waals surface area contributed by atoms with E-state index in [0.717, 1.165) is 5.56 Å². The maximum absolute atomic E-state index is 8.56. The third-order valence-electron chi connectivity index (χ3n) is 1.16. The highest BCUT2D eigenvalue weighted by molar-refractivity contribution is 7.08. The van der Waals surface area contributed by atoms with Crippen molar-refractivity contribution in [3.8, 4) is 12.1 Å². The molecule has 0 saturated heterocycles. The van der Waals surface area contributed by atoms with Crippen LogP contribution in [-0.2, 0) is 0 Å². The number of hydrogen-bond donors (Lipinski definition) is 0. The molecule has 0 bridgehead atoms. The van der Waals surface area contributed by atoms with E-state index >= 15 is 0 Å². The third kappa shape index (κ3) is 1.67. The van der Waals surface area contributed by atoms with Crippen LogP contribution in [-0.4, -0.2) is 0 Å². The van der Waals surface area contributed by atoms with Crippen LogP contribution in [0.5, 0.6) is 0 Å². The normalized spacial score (nSPS) is 10.2. The molecule has 1 heterocycles. The average Bonchev–Trinajstić information content (AvgIpc) is 2.52. The molecule has 11 heavy (non-hydrogen) atoms. The lowest BCUT2D eigenvalue weighted by molar-refractivity contribution is 1.51. The van der Waals surface area contributed by atoms with Crippen molar-refractivity contribution in [3.05, 3.63) is 28.5 Å². The van der Waals surface area contributed by atoms with Crippen molar-refractivity contribution in [3.63, 3.8) is 0 Å². The van der Waals surface area contributed by atoms with Crippen LogP contribution in [0.1, 0.15) is 5.56 Å². The summed E-state index contributed by atoms with van der Waals surface area (Å²) in [6.45, 7) is 0. The molecule has 2 nitrogen and oxygen atoms in total. The smallest absolute Gasteiger partial charge is 0.101 e. The second-order valence-electron chi connectivity index (χ2n) is 1.81. The van der Waals surface area contributed by atoms with E-state index in [0.29, 0.717) is 5.57 Å². The molecule has 0 fully saturated rings. The molecule has 0 unspecified atom stereocenters. The van der Waals surface area contributed by atoms with Crippen molar-refractivity contribution >= 4 is 16.9 Å². The lowest BCUT2D eigenvalue weighted by Gasteiger charge is -1.86. The summed E-state index contributed by atoms with van der Waals surface area (Å²) >= 11 is 1.51. The third-order valence-corrected chi connectivity index (χ3v) is 1.84. The summed E-state index contributed by atoms with van der Waals surface area (Å²) in [4.78, 5) is 0. The number of nitrogens with zero attached hydrogens (tertiary/aromatic N) is 2. The lowest BCUT2D eigenvalue weighted by atomic mass is 10.1. The molecule has 0 aliphatic rings. The van der Waals surface area contributed by atoms with Crippen molar-refractivity contribution in [2.75, 3.05) is 0 Å². The van der Waals surface area contributed by atoms with Crippen LogP contribution in [0.4, 0.5) is 0 Å². The molecule has 1 aromatic heterocycles. The van der Waals surface area contributed by atoms with E-state index in [4.69, 9.17) is 10.5 Å². The predicted molar refractivity (Wildman–Crippen MR) is 43.5 cm³/mol. The minimum atomic E-state index is 0.425. The molecule has 52 valence electrons. The molecule has 0 N–H and O–H groups in total. The molecular weight excluding hydrogens is 156 g/mol. The van der Waals surface area contributed by atoms with Gasteiger partial charge in [0, 0.05) is 11.6 Å². The summed E-state index contributed by atoms with van der Waals surface area (Å²) < 4.78 is 0. The van der Waals surface area contributed by atoms with E-state index in [9.17, 15) is 0 Å². The van der Waals surface area contributed by atoms with Gasteiger partial charge in [0.2, 0.25) is 0 Å². The molecule has 1 aromatic rings. The fourth-order valence-electron chi connectivity index (χ4n) is 0.662. The van der Waals surface area contributed by atoms with Gasteiger partial charge >= 0.3 is 0 Å². The van der Waals surface area contributed by atoms with Gasteiger partial charge in [-0.05, 0) is 16.8 Å². The zero-order valence-corrected chi connectivity index (χ0v) is 6.43. The molecular formula is C8H4N2S. The van der Waals surface area contributed by atoms with Crippen molar-refractivity contribution < 1.29 is 0 Å². The van der Waals surface area contributed by atoms with Gasteiger partial charge in [-0.1, -0.05) is 0 Å². The zero-order valence-electron chi connectivity index (χ0n) is 5.61. The monoisotopic (exact) mass is 160 g/mol. The molecule has 1 rings (SSSR count). The Morgan fingerprint density at radius 2 is 2.36 bits per heavy atom. The summed E-state index contributed by atoms with van der Waals surface area (Å²) in [5.74, 6) is 0. The Balaban J connectivity index is 3.03. The quantitative estimate of drug-likeness (QED) is 0.591. The molecule has 0 spiro atoms. The molecule has 0 amide bonds. The van der Waals surface area contributed by atoms with Crippen molar-refractivity contribution in [1.82, 2.24) is 0 Å². The maximum atomic E-state index is 8.56. The SMILES string of the molecule is N#C/C=C(\C#N)c1ccsc1. The van der Waals surface area contributed by atoms with Gasteiger partial charge < -0.3 is 0 Å². The van der Waals surface area contributed by atoms with E-state index in [1.54, 1.807) is 0 Å². The molecule has 0 atom stereocenters. The summed E-state index contributed by atoms with van der Waals surface area (Å²) in [6, 6.07) is 5.59. The number of allylic oxidation sites excluding steroid dienone is 2. The van der Waals surface area contributed by atoms with E-state index in [-0.39, 0.29) is 0 Å². The van der Waals surface area contributed by atoms with Gasteiger partial charge in [0.1, 0.15) is 6.07 Å². The van der Waals surface area contributed by atoms with Gasteiger partial charge in [0.05, 0.1) is 11.6 Å². The van der Waals surface area contributed by atoms with Crippen LogP contribution < -0.4 is 0 Å². The maximum Gasteiger partial charge on any atom is 0.101 e. The van der Waals surface area contributed by atoms with E-state index in [2.05, 4.69) is 0 Å². The summed E-state index contributed by atoms with van der Waals surface area (Å²) in [5, 5.41) is 20.6. The Morgan fingerprint density at radius 1 is 1.55 bits per heavy atom. The van der Waals surface area contributed by atoms with Gasteiger partial charge in [-0.2, -0.15) is 21.9 Å². The number of rotatable bonds is 1.